The van der Waals surface area contributed by atoms with Gasteiger partial charge in [-0.25, -0.2) is 15.0 Å². The lowest BCUT2D eigenvalue weighted by Crippen LogP contribution is -2.01. The molecule has 3 heteroatoms. The highest BCUT2D eigenvalue weighted by atomic mass is 15.0. The highest BCUT2D eigenvalue weighted by molar-refractivity contribution is 6.19. The molecule has 0 saturated carbocycles. The van der Waals surface area contributed by atoms with Gasteiger partial charge in [0, 0.05) is 16.7 Å². The van der Waals surface area contributed by atoms with E-state index in [-0.39, 0.29) is 0 Å². The van der Waals surface area contributed by atoms with Gasteiger partial charge in [-0.3, -0.25) is 0 Å². The first-order valence-corrected chi connectivity index (χ1v) is 15.5. The lowest BCUT2D eigenvalue weighted by atomic mass is 9.94. The summed E-state index contributed by atoms with van der Waals surface area (Å²) in [5.74, 6) is 1.97. The van der Waals surface area contributed by atoms with Crippen molar-refractivity contribution in [2.45, 2.75) is 0 Å². The van der Waals surface area contributed by atoms with E-state index < -0.39 is 0 Å². The summed E-state index contributed by atoms with van der Waals surface area (Å²) in [7, 11) is 0. The van der Waals surface area contributed by atoms with Gasteiger partial charge in [-0.1, -0.05) is 158 Å². The SMILES string of the molecule is c1ccc(-c2nc(-c3ccc(-c4ccccc4)c4ccccc34)nc(-c3cccc4c3ccc3c5ccccc5ccc43)n2)cc1. The monoisotopic (exact) mass is 585 g/mol. The van der Waals surface area contributed by atoms with Crippen LogP contribution in [0.15, 0.2) is 164 Å². The molecule has 0 aliphatic heterocycles. The van der Waals surface area contributed by atoms with Crippen molar-refractivity contribution in [3.8, 4) is 45.3 Å². The summed E-state index contributed by atoms with van der Waals surface area (Å²) >= 11 is 0. The normalized spacial score (nSPS) is 11.5. The van der Waals surface area contributed by atoms with Crippen LogP contribution < -0.4 is 0 Å². The van der Waals surface area contributed by atoms with Crippen LogP contribution in [-0.2, 0) is 0 Å². The molecule has 0 radical (unpaired) electrons. The number of rotatable bonds is 4. The first-order valence-electron chi connectivity index (χ1n) is 15.5. The Labute approximate surface area is 266 Å². The first-order chi connectivity index (χ1) is 22.8. The van der Waals surface area contributed by atoms with Gasteiger partial charge in [-0.15, -0.1) is 0 Å². The van der Waals surface area contributed by atoms with Crippen LogP contribution in [-0.4, -0.2) is 15.0 Å². The van der Waals surface area contributed by atoms with Crippen molar-refractivity contribution in [2.24, 2.45) is 0 Å². The van der Waals surface area contributed by atoms with Crippen molar-refractivity contribution < 1.29 is 0 Å². The van der Waals surface area contributed by atoms with E-state index in [1.165, 1.54) is 43.4 Å². The Hall–Kier alpha value is -6.19. The molecule has 0 N–H and O–H groups in total. The Morgan fingerprint density at radius 2 is 0.696 bits per heavy atom. The molecule has 0 aliphatic carbocycles. The minimum absolute atomic E-state index is 0.653. The molecular formula is C43H27N3. The number of hydrogen-bond acceptors (Lipinski definition) is 3. The van der Waals surface area contributed by atoms with Gasteiger partial charge >= 0.3 is 0 Å². The third kappa shape index (κ3) is 4.33. The second-order valence-electron chi connectivity index (χ2n) is 11.6. The summed E-state index contributed by atoms with van der Waals surface area (Å²) in [5, 5.41) is 9.53. The van der Waals surface area contributed by atoms with Crippen LogP contribution in [0.25, 0.3) is 88.4 Å². The zero-order valence-corrected chi connectivity index (χ0v) is 24.9. The van der Waals surface area contributed by atoms with Crippen molar-refractivity contribution in [3.63, 3.8) is 0 Å². The van der Waals surface area contributed by atoms with Crippen molar-refractivity contribution in [1.29, 1.82) is 0 Å². The third-order valence-electron chi connectivity index (χ3n) is 8.94. The van der Waals surface area contributed by atoms with Gasteiger partial charge in [0.15, 0.2) is 17.5 Å². The van der Waals surface area contributed by atoms with Crippen LogP contribution in [0.1, 0.15) is 0 Å². The van der Waals surface area contributed by atoms with Gasteiger partial charge in [-0.05, 0) is 60.3 Å². The standard InChI is InChI=1S/C43H27N3/c1-3-12-28(13-4-1)32-24-27-40(35-19-10-9-18-33(32)35)43-45-41(30-15-5-2-6-16-30)44-42(46-43)39-21-11-20-34-37-23-22-29-14-7-8-17-31(29)36(37)25-26-38(34)39/h1-27H. The summed E-state index contributed by atoms with van der Waals surface area (Å²) < 4.78 is 0. The Morgan fingerprint density at radius 3 is 1.46 bits per heavy atom. The number of benzene rings is 8. The zero-order valence-electron chi connectivity index (χ0n) is 24.9. The highest BCUT2D eigenvalue weighted by Crippen LogP contribution is 2.38. The molecule has 0 unspecified atom stereocenters. The molecule has 0 aliphatic rings. The maximum Gasteiger partial charge on any atom is 0.164 e. The molecule has 9 rings (SSSR count). The molecular weight excluding hydrogens is 558 g/mol. The van der Waals surface area contributed by atoms with Crippen LogP contribution >= 0.6 is 0 Å². The zero-order chi connectivity index (χ0) is 30.5. The number of nitrogens with zero attached hydrogens (tertiary/aromatic N) is 3. The van der Waals surface area contributed by atoms with E-state index in [1.807, 2.05) is 18.2 Å². The fourth-order valence-electron chi connectivity index (χ4n) is 6.75. The Bertz CT molecular complexity index is 2570. The third-order valence-corrected chi connectivity index (χ3v) is 8.94. The van der Waals surface area contributed by atoms with Crippen molar-refractivity contribution in [3.05, 3.63) is 164 Å². The van der Waals surface area contributed by atoms with Crippen molar-refractivity contribution >= 4 is 43.1 Å². The largest absolute Gasteiger partial charge is 0.208 e. The number of aromatic nitrogens is 3. The van der Waals surface area contributed by atoms with Gasteiger partial charge < -0.3 is 0 Å². The number of hydrogen-bond donors (Lipinski definition) is 0. The summed E-state index contributed by atoms with van der Waals surface area (Å²) in [6.07, 6.45) is 0. The van der Waals surface area contributed by atoms with Gasteiger partial charge in [0.25, 0.3) is 0 Å². The second-order valence-corrected chi connectivity index (χ2v) is 11.6. The molecule has 214 valence electrons. The van der Waals surface area contributed by atoms with E-state index in [4.69, 9.17) is 15.0 Å². The molecule has 1 heterocycles. The molecule has 9 aromatic rings. The van der Waals surface area contributed by atoms with Gasteiger partial charge in [0.05, 0.1) is 0 Å². The van der Waals surface area contributed by atoms with Crippen molar-refractivity contribution in [1.82, 2.24) is 15.0 Å². The molecule has 46 heavy (non-hydrogen) atoms. The summed E-state index contributed by atoms with van der Waals surface area (Å²) in [4.78, 5) is 15.4. The summed E-state index contributed by atoms with van der Waals surface area (Å²) in [6, 6.07) is 57.5. The molecule has 0 atom stereocenters. The Morgan fingerprint density at radius 1 is 0.239 bits per heavy atom. The topological polar surface area (TPSA) is 38.7 Å². The minimum Gasteiger partial charge on any atom is -0.208 e. The molecule has 1 aromatic heterocycles. The maximum absolute atomic E-state index is 5.21. The van der Waals surface area contributed by atoms with Crippen LogP contribution in [0, 0.1) is 0 Å². The summed E-state index contributed by atoms with van der Waals surface area (Å²) in [5.41, 5.74) is 5.29. The van der Waals surface area contributed by atoms with Crippen LogP contribution in [0.2, 0.25) is 0 Å². The first kappa shape index (κ1) is 26.2. The second kappa shape index (κ2) is 10.8. The molecule has 0 bridgehead atoms. The van der Waals surface area contributed by atoms with Gasteiger partial charge in [0.2, 0.25) is 0 Å². The van der Waals surface area contributed by atoms with E-state index in [0.717, 1.165) is 27.5 Å². The van der Waals surface area contributed by atoms with E-state index in [0.29, 0.717) is 17.5 Å². The fourth-order valence-corrected chi connectivity index (χ4v) is 6.75. The average molecular weight is 586 g/mol. The molecule has 0 saturated heterocycles. The quantitative estimate of drug-likeness (QED) is 0.193. The lowest BCUT2D eigenvalue weighted by Gasteiger charge is -2.14. The average Bonchev–Trinajstić information content (AvgIpc) is 3.14. The molecule has 0 spiro atoms. The molecule has 3 nitrogen and oxygen atoms in total. The Balaban J connectivity index is 1.29. The maximum atomic E-state index is 5.21. The summed E-state index contributed by atoms with van der Waals surface area (Å²) in [6.45, 7) is 0. The van der Waals surface area contributed by atoms with Crippen LogP contribution in [0.3, 0.4) is 0 Å². The lowest BCUT2D eigenvalue weighted by molar-refractivity contribution is 1.08. The predicted molar refractivity (Wildman–Crippen MR) is 192 cm³/mol. The van der Waals surface area contributed by atoms with E-state index in [1.54, 1.807) is 0 Å². The van der Waals surface area contributed by atoms with Gasteiger partial charge in [-0.2, -0.15) is 0 Å². The van der Waals surface area contributed by atoms with Gasteiger partial charge in [0.1, 0.15) is 0 Å². The van der Waals surface area contributed by atoms with E-state index >= 15 is 0 Å². The van der Waals surface area contributed by atoms with E-state index in [2.05, 4.69) is 146 Å². The van der Waals surface area contributed by atoms with Crippen LogP contribution in [0.4, 0.5) is 0 Å². The molecule has 0 fully saturated rings. The highest BCUT2D eigenvalue weighted by Gasteiger charge is 2.17. The Kier molecular flexibility index (Phi) is 6.14. The van der Waals surface area contributed by atoms with Crippen LogP contribution in [0.5, 0.6) is 0 Å². The predicted octanol–water partition coefficient (Wildman–Crippen LogP) is 11.2. The molecule has 0 amide bonds. The number of fused-ring (bicyclic) bond motifs is 6. The smallest absolute Gasteiger partial charge is 0.164 e. The fraction of sp³-hybridized carbons (Fsp3) is 0. The van der Waals surface area contributed by atoms with Crippen molar-refractivity contribution in [2.75, 3.05) is 0 Å². The van der Waals surface area contributed by atoms with E-state index in [9.17, 15) is 0 Å². The minimum atomic E-state index is 0.653. The molecule has 8 aromatic carbocycles.